The maximum Gasteiger partial charge on any atom is 0.339 e. The number of carbonyl (C=O) groups is 2. The van der Waals surface area contributed by atoms with E-state index in [0.717, 1.165) is 0 Å². The third-order valence-electron chi connectivity index (χ3n) is 4.74. The van der Waals surface area contributed by atoms with Crippen LogP contribution in [0.4, 0.5) is 16.2 Å². The smallest absolute Gasteiger partial charge is 0.339 e. The summed E-state index contributed by atoms with van der Waals surface area (Å²) >= 11 is 5.93. The van der Waals surface area contributed by atoms with Gasteiger partial charge in [-0.2, -0.15) is 0 Å². The molecule has 0 spiro atoms. The number of carbonyl (C=O) groups excluding carboxylic acids is 2. The molecular formula is C24H19ClN4O5. The first kappa shape index (κ1) is 22.8. The summed E-state index contributed by atoms with van der Waals surface area (Å²) in [6.07, 6.45) is 1.50. The van der Waals surface area contributed by atoms with E-state index in [1.54, 1.807) is 60.7 Å². The molecule has 0 radical (unpaired) electrons. The predicted octanol–water partition coefficient (Wildman–Crippen LogP) is 4.36. The second-order valence-corrected chi connectivity index (χ2v) is 7.53. The molecule has 2 aromatic carbocycles. The summed E-state index contributed by atoms with van der Waals surface area (Å²) in [5, 5.41) is 5.75. The molecule has 0 bridgehead atoms. The molecule has 0 aliphatic heterocycles. The summed E-state index contributed by atoms with van der Waals surface area (Å²) in [5.74, 6) is -0.0952. The average Bonchev–Trinajstić information content (AvgIpc) is 2.83. The highest BCUT2D eigenvalue weighted by Crippen LogP contribution is 2.20. The van der Waals surface area contributed by atoms with Crippen molar-refractivity contribution in [2.45, 2.75) is 6.61 Å². The van der Waals surface area contributed by atoms with E-state index < -0.39 is 12.0 Å². The maximum atomic E-state index is 12.4. The predicted molar refractivity (Wildman–Crippen MR) is 128 cm³/mol. The highest BCUT2D eigenvalue weighted by atomic mass is 35.5. The van der Waals surface area contributed by atoms with Gasteiger partial charge >= 0.3 is 12.0 Å². The lowest BCUT2D eigenvalue weighted by atomic mass is 10.2. The fourth-order valence-electron chi connectivity index (χ4n) is 3.19. The van der Waals surface area contributed by atoms with Gasteiger partial charge in [-0.25, -0.2) is 14.6 Å². The van der Waals surface area contributed by atoms with Crippen LogP contribution in [-0.4, -0.2) is 28.5 Å². The molecule has 4 rings (SSSR count). The van der Waals surface area contributed by atoms with Gasteiger partial charge in [0.1, 0.15) is 18.0 Å². The molecule has 10 heteroatoms. The Morgan fingerprint density at radius 1 is 1.03 bits per heavy atom. The molecule has 0 atom stereocenters. The van der Waals surface area contributed by atoms with Crippen molar-refractivity contribution in [3.63, 3.8) is 0 Å². The third kappa shape index (κ3) is 5.33. The number of aromatic nitrogens is 2. The van der Waals surface area contributed by atoms with Gasteiger partial charge in [0.2, 0.25) is 0 Å². The number of rotatable bonds is 6. The van der Waals surface area contributed by atoms with Gasteiger partial charge in [0, 0.05) is 24.0 Å². The average molecular weight is 479 g/mol. The summed E-state index contributed by atoms with van der Waals surface area (Å²) in [6, 6.07) is 17.4. The van der Waals surface area contributed by atoms with Gasteiger partial charge < -0.3 is 20.1 Å². The standard InChI is InChI=1S/C24H19ClN4O5/c1-33-23(31)19-7-2-3-8-20(19)28-24(32)27-16-5-4-6-18(11-16)34-14-17-12-22(30)29-13-15(25)9-10-21(29)26-17/h2-13H,14H2,1H3,(H2,27,28,32). The van der Waals surface area contributed by atoms with Crippen LogP contribution in [0.25, 0.3) is 5.65 Å². The van der Waals surface area contributed by atoms with E-state index >= 15 is 0 Å². The number of para-hydroxylation sites is 1. The summed E-state index contributed by atoms with van der Waals surface area (Å²) in [5.41, 5.74) is 1.64. The molecule has 2 aromatic heterocycles. The first-order valence-corrected chi connectivity index (χ1v) is 10.5. The number of esters is 1. The lowest BCUT2D eigenvalue weighted by molar-refractivity contribution is 0.0602. The van der Waals surface area contributed by atoms with Crippen LogP contribution in [0.2, 0.25) is 5.02 Å². The van der Waals surface area contributed by atoms with Crippen LogP contribution in [0.3, 0.4) is 0 Å². The van der Waals surface area contributed by atoms with E-state index in [9.17, 15) is 14.4 Å². The number of hydrogen-bond acceptors (Lipinski definition) is 6. The number of anilines is 2. The van der Waals surface area contributed by atoms with Crippen LogP contribution < -0.4 is 20.9 Å². The van der Waals surface area contributed by atoms with E-state index in [1.165, 1.54) is 23.8 Å². The Balaban J connectivity index is 1.42. The van der Waals surface area contributed by atoms with Crippen molar-refractivity contribution < 1.29 is 19.1 Å². The molecule has 0 fully saturated rings. The van der Waals surface area contributed by atoms with Crippen LogP contribution in [0.5, 0.6) is 5.75 Å². The molecule has 4 aromatic rings. The molecule has 172 valence electrons. The molecule has 0 saturated heterocycles. The monoisotopic (exact) mass is 478 g/mol. The van der Waals surface area contributed by atoms with Crippen molar-refractivity contribution in [3.05, 3.63) is 99.6 Å². The minimum absolute atomic E-state index is 0.0521. The van der Waals surface area contributed by atoms with Crippen molar-refractivity contribution in [3.8, 4) is 5.75 Å². The minimum Gasteiger partial charge on any atom is -0.487 e. The number of fused-ring (bicyclic) bond motifs is 1. The van der Waals surface area contributed by atoms with Crippen molar-refractivity contribution in [2.24, 2.45) is 0 Å². The summed E-state index contributed by atoms with van der Waals surface area (Å²) < 4.78 is 11.8. The third-order valence-corrected chi connectivity index (χ3v) is 4.96. The lowest BCUT2D eigenvalue weighted by Gasteiger charge is -2.12. The minimum atomic E-state index is -0.559. The highest BCUT2D eigenvalue weighted by molar-refractivity contribution is 6.30. The molecule has 0 aliphatic rings. The maximum absolute atomic E-state index is 12.4. The molecule has 0 unspecified atom stereocenters. The van der Waals surface area contributed by atoms with Crippen LogP contribution in [-0.2, 0) is 11.3 Å². The normalized spacial score (nSPS) is 10.5. The Morgan fingerprint density at radius 2 is 1.85 bits per heavy atom. The Kier molecular flexibility index (Phi) is 6.74. The van der Waals surface area contributed by atoms with Crippen molar-refractivity contribution in [1.82, 2.24) is 9.38 Å². The van der Waals surface area contributed by atoms with Gasteiger partial charge in [0.15, 0.2) is 0 Å². The Bertz CT molecular complexity index is 1440. The summed E-state index contributed by atoms with van der Waals surface area (Å²) in [4.78, 5) is 41.0. The second kappa shape index (κ2) is 10.1. The van der Waals surface area contributed by atoms with Gasteiger partial charge in [0.05, 0.1) is 29.1 Å². The topological polar surface area (TPSA) is 111 Å². The van der Waals surface area contributed by atoms with Gasteiger partial charge in [-0.15, -0.1) is 0 Å². The second-order valence-electron chi connectivity index (χ2n) is 7.09. The fraction of sp³-hybridized carbons (Fsp3) is 0.0833. The number of nitrogens with one attached hydrogen (secondary N) is 2. The van der Waals surface area contributed by atoms with Crippen LogP contribution in [0, 0.1) is 0 Å². The Hall–Kier alpha value is -4.37. The van der Waals surface area contributed by atoms with Crippen molar-refractivity contribution in [1.29, 1.82) is 0 Å². The number of amides is 2. The van der Waals surface area contributed by atoms with Crippen LogP contribution in [0.1, 0.15) is 16.1 Å². The van der Waals surface area contributed by atoms with Gasteiger partial charge in [-0.05, 0) is 36.4 Å². The van der Waals surface area contributed by atoms with Crippen LogP contribution >= 0.6 is 11.6 Å². The molecular weight excluding hydrogens is 460 g/mol. The molecule has 2 heterocycles. The highest BCUT2D eigenvalue weighted by Gasteiger charge is 2.13. The van der Waals surface area contributed by atoms with E-state index in [2.05, 4.69) is 15.6 Å². The number of methoxy groups -OCH3 is 1. The molecule has 0 aliphatic carbocycles. The quantitative estimate of drug-likeness (QED) is 0.398. The van der Waals surface area contributed by atoms with E-state index in [1.807, 2.05) is 0 Å². The number of ether oxygens (including phenoxy) is 2. The number of hydrogen-bond donors (Lipinski definition) is 2. The molecule has 2 amide bonds. The fourth-order valence-corrected chi connectivity index (χ4v) is 3.35. The number of benzene rings is 2. The van der Waals surface area contributed by atoms with E-state index in [0.29, 0.717) is 33.5 Å². The van der Waals surface area contributed by atoms with Gasteiger partial charge in [-0.1, -0.05) is 29.8 Å². The first-order chi connectivity index (χ1) is 16.4. The Labute approximate surface area is 198 Å². The van der Waals surface area contributed by atoms with E-state index in [-0.39, 0.29) is 17.7 Å². The number of halogens is 1. The van der Waals surface area contributed by atoms with Crippen molar-refractivity contribution in [2.75, 3.05) is 17.7 Å². The summed E-state index contributed by atoms with van der Waals surface area (Å²) in [7, 11) is 1.27. The number of nitrogens with zero attached hydrogens (tertiary/aromatic N) is 2. The van der Waals surface area contributed by atoms with Crippen molar-refractivity contribution >= 4 is 40.6 Å². The molecule has 9 nitrogen and oxygen atoms in total. The number of pyridine rings is 1. The largest absolute Gasteiger partial charge is 0.487 e. The summed E-state index contributed by atoms with van der Waals surface area (Å²) in [6.45, 7) is 0.0521. The Morgan fingerprint density at radius 3 is 2.68 bits per heavy atom. The number of urea groups is 1. The molecule has 34 heavy (non-hydrogen) atoms. The van der Waals surface area contributed by atoms with Gasteiger partial charge in [-0.3, -0.25) is 9.20 Å². The zero-order valence-corrected chi connectivity index (χ0v) is 18.7. The SMILES string of the molecule is COC(=O)c1ccccc1NC(=O)Nc1cccc(OCc2cc(=O)n3cc(Cl)ccc3n2)c1. The zero-order chi connectivity index (χ0) is 24.1. The van der Waals surface area contributed by atoms with Crippen LogP contribution in [0.15, 0.2) is 77.7 Å². The first-order valence-electron chi connectivity index (χ1n) is 10.1. The lowest BCUT2D eigenvalue weighted by Crippen LogP contribution is -2.21. The zero-order valence-electron chi connectivity index (χ0n) is 17.9. The van der Waals surface area contributed by atoms with Gasteiger partial charge in [0.25, 0.3) is 5.56 Å². The molecule has 0 saturated carbocycles. The molecule has 2 N–H and O–H groups in total. The van der Waals surface area contributed by atoms with E-state index in [4.69, 9.17) is 21.1 Å².